The van der Waals surface area contributed by atoms with Crippen LogP contribution < -0.4 is 0 Å². The molecule has 0 N–H and O–H groups in total. The number of esters is 3. The van der Waals surface area contributed by atoms with Gasteiger partial charge in [0.15, 0.2) is 6.10 Å². The number of rotatable bonds is 60. The summed E-state index contributed by atoms with van der Waals surface area (Å²) in [6.07, 6.45) is 80.7. The van der Waals surface area contributed by atoms with Gasteiger partial charge in [-0.05, 0) is 109 Å². The molecule has 0 radical (unpaired) electrons. The molecular weight excluding hydrogens is 925 g/mol. The number of hydrogen-bond acceptors (Lipinski definition) is 6. The first kappa shape index (κ1) is 72.1. The van der Waals surface area contributed by atoms with Crippen molar-refractivity contribution in [2.75, 3.05) is 13.2 Å². The second-order valence-corrected chi connectivity index (χ2v) is 22.0. The Bertz CT molecular complexity index is 1340. The fraction of sp³-hybridized carbons (Fsp3) is 0.812. The molecule has 0 aromatic carbocycles. The maximum absolute atomic E-state index is 12.9. The first-order valence-corrected chi connectivity index (χ1v) is 32.8. The lowest BCUT2D eigenvalue weighted by molar-refractivity contribution is -0.167. The summed E-state index contributed by atoms with van der Waals surface area (Å²) in [6, 6.07) is 0. The van der Waals surface area contributed by atoms with Crippen LogP contribution in [0.25, 0.3) is 0 Å². The van der Waals surface area contributed by atoms with Gasteiger partial charge in [0.05, 0.1) is 0 Å². The zero-order valence-corrected chi connectivity index (χ0v) is 50.1. The predicted molar refractivity (Wildman–Crippen MR) is 325 cm³/mol. The topological polar surface area (TPSA) is 78.9 Å². The number of carbonyl (C=O) groups excluding carboxylic acids is 3. The summed E-state index contributed by atoms with van der Waals surface area (Å²) in [7, 11) is 0. The molecule has 0 aliphatic rings. The highest BCUT2D eigenvalue weighted by Crippen LogP contribution is 2.17. The molecule has 75 heavy (non-hydrogen) atoms. The molecule has 0 unspecified atom stereocenters. The Labute approximate surface area is 466 Å². The number of unbranched alkanes of at least 4 members (excludes halogenated alkanes) is 39. The summed E-state index contributed by atoms with van der Waals surface area (Å²) in [5, 5.41) is 0. The second kappa shape index (κ2) is 63.6. The van der Waals surface area contributed by atoms with E-state index in [1.165, 1.54) is 231 Å². The van der Waals surface area contributed by atoms with E-state index in [1.807, 2.05) is 0 Å². The molecule has 0 saturated heterocycles. The minimum absolute atomic E-state index is 0.0762. The molecule has 0 spiro atoms. The summed E-state index contributed by atoms with van der Waals surface area (Å²) in [5.41, 5.74) is 0. The van der Waals surface area contributed by atoms with Gasteiger partial charge < -0.3 is 14.2 Å². The molecular formula is C69H124O6. The normalized spacial score (nSPS) is 12.4. The van der Waals surface area contributed by atoms with E-state index in [0.29, 0.717) is 19.3 Å². The van der Waals surface area contributed by atoms with Gasteiger partial charge in [0.2, 0.25) is 0 Å². The van der Waals surface area contributed by atoms with Gasteiger partial charge in [-0.1, -0.05) is 274 Å². The van der Waals surface area contributed by atoms with Gasteiger partial charge in [-0.25, -0.2) is 0 Å². The minimum Gasteiger partial charge on any atom is -0.462 e. The lowest BCUT2D eigenvalue weighted by Crippen LogP contribution is -2.30. The Hall–Kier alpha value is -2.89. The molecule has 1 atom stereocenters. The van der Waals surface area contributed by atoms with Gasteiger partial charge in [-0.2, -0.15) is 0 Å². The molecule has 6 heteroatoms. The molecule has 0 aromatic heterocycles. The quantitative estimate of drug-likeness (QED) is 0.0261. The average molecular weight is 1050 g/mol. The Morgan fingerprint density at radius 3 is 0.773 bits per heavy atom. The van der Waals surface area contributed by atoms with Crippen LogP contribution in [0.2, 0.25) is 0 Å². The number of carbonyl (C=O) groups is 3. The number of allylic oxidation sites excluding steroid dienone is 10. The Kier molecular flexibility index (Phi) is 61.2. The van der Waals surface area contributed by atoms with E-state index in [0.717, 1.165) is 70.6 Å². The van der Waals surface area contributed by atoms with Crippen molar-refractivity contribution in [3.63, 3.8) is 0 Å². The summed E-state index contributed by atoms with van der Waals surface area (Å²) < 4.78 is 17.0. The Morgan fingerprint density at radius 2 is 0.480 bits per heavy atom. The van der Waals surface area contributed by atoms with Gasteiger partial charge in [-0.15, -0.1) is 0 Å². The van der Waals surface area contributed by atoms with E-state index in [4.69, 9.17) is 14.2 Å². The van der Waals surface area contributed by atoms with Crippen molar-refractivity contribution in [3.8, 4) is 0 Å². The van der Waals surface area contributed by atoms with Crippen LogP contribution in [0.4, 0.5) is 0 Å². The highest BCUT2D eigenvalue weighted by molar-refractivity contribution is 5.71. The van der Waals surface area contributed by atoms with Crippen LogP contribution in [0.3, 0.4) is 0 Å². The van der Waals surface area contributed by atoms with E-state index < -0.39 is 6.10 Å². The van der Waals surface area contributed by atoms with Gasteiger partial charge in [0, 0.05) is 19.3 Å². The van der Waals surface area contributed by atoms with Crippen LogP contribution in [-0.4, -0.2) is 37.2 Å². The number of ether oxygens (including phenoxy) is 3. The molecule has 0 aliphatic heterocycles. The third kappa shape index (κ3) is 61.8. The summed E-state index contributed by atoms with van der Waals surface area (Å²) in [5.74, 6) is -0.868. The fourth-order valence-electron chi connectivity index (χ4n) is 9.50. The maximum atomic E-state index is 12.9. The first-order chi connectivity index (χ1) is 37.0. The van der Waals surface area contributed by atoms with Crippen molar-refractivity contribution < 1.29 is 28.6 Å². The first-order valence-electron chi connectivity index (χ1n) is 32.8. The predicted octanol–water partition coefficient (Wildman–Crippen LogP) is 22.3. The molecule has 6 nitrogen and oxygen atoms in total. The van der Waals surface area contributed by atoms with Crippen LogP contribution in [-0.2, 0) is 28.6 Å². The van der Waals surface area contributed by atoms with E-state index in [2.05, 4.69) is 81.5 Å². The molecule has 0 amide bonds. The van der Waals surface area contributed by atoms with Crippen molar-refractivity contribution >= 4 is 17.9 Å². The smallest absolute Gasteiger partial charge is 0.306 e. The molecule has 0 aliphatic carbocycles. The van der Waals surface area contributed by atoms with Gasteiger partial charge in [-0.3, -0.25) is 14.4 Å². The maximum Gasteiger partial charge on any atom is 0.306 e. The highest BCUT2D eigenvalue weighted by atomic mass is 16.6. The summed E-state index contributed by atoms with van der Waals surface area (Å²) >= 11 is 0. The molecule has 0 rings (SSSR count). The third-order valence-corrected chi connectivity index (χ3v) is 14.5. The Morgan fingerprint density at radius 1 is 0.267 bits per heavy atom. The van der Waals surface area contributed by atoms with E-state index in [1.54, 1.807) is 0 Å². The monoisotopic (exact) mass is 1050 g/mol. The van der Waals surface area contributed by atoms with Crippen molar-refractivity contribution in [3.05, 3.63) is 60.8 Å². The lowest BCUT2D eigenvalue weighted by Gasteiger charge is -2.18. The molecule has 0 heterocycles. The third-order valence-electron chi connectivity index (χ3n) is 14.5. The zero-order chi connectivity index (χ0) is 54.3. The molecule has 0 bridgehead atoms. The van der Waals surface area contributed by atoms with Crippen LogP contribution >= 0.6 is 0 Å². The average Bonchev–Trinajstić information content (AvgIpc) is 3.41. The van der Waals surface area contributed by atoms with Gasteiger partial charge in [0.1, 0.15) is 13.2 Å². The van der Waals surface area contributed by atoms with E-state index in [-0.39, 0.29) is 31.1 Å². The van der Waals surface area contributed by atoms with Crippen LogP contribution in [0.5, 0.6) is 0 Å². The van der Waals surface area contributed by atoms with E-state index >= 15 is 0 Å². The minimum atomic E-state index is -0.780. The van der Waals surface area contributed by atoms with Crippen molar-refractivity contribution in [2.45, 2.75) is 348 Å². The van der Waals surface area contributed by atoms with Crippen LogP contribution in [0.15, 0.2) is 60.8 Å². The lowest BCUT2D eigenvalue weighted by atomic mass is 10.1. The van der Waals surface area contributed by atoms with Crippen molar-refractivity contribution in [2.24, 2.45) is 0 Å². The second-order valence-electron chi connectivity index (χ2n) is 22.0. The fourth-order valence-corrected chi connectivity index (χ4v) is 9.50. The highest BCUT2D eigenvalue weighted by Gasteiger charge is 2.19. The zero-order valence-electron chi connectivity index (χ0n) is 50.1. The Balaban J connectivity index is 4.37. The summed E-state index contributed by atoms with van der Waals surface area (Å²) in [4.78, 5) is 38.4. The van der Waals surface area contributed by atoms with Crippen LogP contribution in [0, 0.1) is 0 Å². The standard InChI is InChI=1S/C69H124O6/c1-4-7-10-13-16-19-22-25-28-31-34-37-40-43-46-49-52-55-58-61-67(70)73-64-66(75-69(72)63-60-57-54-51-48-45-42-39-36-33-30-27-24-21-18-15-12-9-6-3)65-74-68(71)62-59-56-53-50-47-44-41-38-35-32-29-26-23-20-17-14-11-8-5-2/h16,18-19,21,25-30,66H,4-15,17,20,22-24,31-65H2,1-3H3/b19-16+,21-18+,28-25+,29-26+,30-27+/t66-/m0/s1. The van der Waals surface area contributed by atoms with E-state index in [9.17, 15) is 14.4 Å². The van der Waals surface area contributed by atoms with Crippen molar-refractivity contribution in [1.82, 2.24) is 0 Å². The molecule has 0 fully saturated rings. The SMILES string of the molecule is CCCCC/C=C/C/C=C/CCCCCCCCCCCC(=O)OC[C@@H](COC(=O)CCCCCCCCCCC/C=C/CCCCCCCC)OC(=O)CCCCCCCCCCC/C=C/C/C=C/CCCCC. The van der Waals surface area contributed by atoms with Gasteiger partial charge >= 0.3 is 17.9 Å². The van der Waals surface area contributed by atoms with Crippen LogP contribution in [0.1, 0.15) is 342 Å². The van der Waals surface area contributed by atoms with Gasteiger partial charge in [0.25, 0.3) is 0 Å². The molecule has 0 saturated carbocycles. The van der Waals surface area contributed by atoms with Crippen molar-refractivity contribution in [1.29, 1.82) is 0 Å². The molecule has 436 valence electrons. The summed E-state index contributed by atoms with van der Waals surface area (Å²) in [6.45, 7) is 6.63. The largest absolute Gasteiger partial charge is 0.462 e. The molecule has 0 aromatic rings. The number of hydrogen-bond donors (Lipinski definition) is 0.